The van der Waals surface area contributed by atoms with E-state index in [0.717, 1.165) is 36.3 Å². The smallest absolute Gasteiger partial charge is 0.224 e. The highest BCUT2D eigenvalue weighted by Crippen LogP contribution is 2.47. The van der Waals surface area contributed by atoms with Gasteiger partial charge in [-0.1, -0.05) is 6.92 Å². The van der Waals surface area contributed by atoms with Crippen LogP contribution in [0.2, 0.25) is 0 Å². The van der Waals surface area contributed by atoms with E-state index in [-0.39, 0.29) is 43.0 Å². The van der Waals surface area contributed by atoms with Gasteiger partial charge in [-0.3, -0.25) is 9.59 Å². The second kappa shape index (κ2) is 8.71. The number of hydrogen-bond acceptors (Lipinski definition) is 5. The number of aliphatic hydroxyl groups excluding tert-OH is 1. The van der Waals surface area contributed by atoms with Gasteiger partial charge in [0.05, 0.1) is 19.1 Å². The zero-order valence-corrected chi connectivity index (χ0v) is 16.9. The Bertz CT molecular complexity index is 764. The number of amides is 2. The van der Waals surface area contributed by atoms with Crippen LogP contribution < -0.4 is 15.4 Å². The maximum Gasteiger partial charge on any atom is 0.224 e. The number of benzene rings is 1. The lowest BCUT2D eigenvalue weighted by atomic mass is 9.84. The van der Waals surface area contributed by atoms with Crippen molar-refractivity contribution < 1.29 is 24.2 Å². The molecule has 0 bridgehead atoms. The first-order valence-electron chi connectivity index (χ1n) is 10.7. The highest BCUT2D eigenvalue weighted by atomic mass is 16.6. The molecule has 1 saturated carbocycles. The molecule has 4 atom stereocenters. The van der Waals surface area contributed by atoms with Crippen molar-refractivity contribution in [1.82, 2.24) is 5.32 Å². The number of carbonyl (C=O) groups is 2. The third-order valence-electron chi connectivity index (χ3n) is 5.94. The van der Waals surface area contributed by atoms with Crippen LogP contribution in [0.5, 0.6) is 5.75 Å². The number of carbonyl (C=O) groups excluding carboxylic acids is 2. The Kier molecular flexibility index (Phi) is 6.06. The number of aliphatic hydroxyl groups is 1. The molecule has 2 amide bonds. The van der Waals surface area contributed by atoms with Crippen molar-refractivity contribution in [3.05, 3.63) is 23.8 Å². The summed E-state index contributed by atoms with van der Waals surface area (Å²) in [5.74, 6) is 1.34. The Labute approximate surface area is 171 Å². The molecule has 0 unspecified atom stereocenters. The lowest BCUT2D eigenvalue weighted by Crippen LogP contribution is -2.47. The van der Waals surface area contributed by atoms with Crippen LogP contribution in [-0.4, -0.2) is 48.4 Å². The van der Waals surface area contributed by atoms with E-state index in [1.165, 1.54) is 0 Å². The first kappa shape index (κ1) is 20.2. The minimum Gasteiger partial charge on any atom is -0.487 e. The molecule has 4 rings (SSSR count). The summed E-state index contributed by atoms with van der Waals surface area (Å²) in [5.41, 5.74) is 1.78. The van der Waals surface area contributed by atoms with Gasteiger partial charge in [-0.05, 0) is 49.8 Å². The van der Waals surface area contributed by atoms with Gasteiger partial charge < -0.3 is 25.2 Å². The van der Waals surface area contributed by atoms with Gasteiger partial charge in [0.25, 0.3) is 0 Å². The molecule has 0 spiro atoms. The quantitative estimate of drug-likeness (QED) is 0.620. The summed E-state index contributed by atoms with van der Waals surface area (Å²) in [6.07, 6.45) is 3.65. The fraction of sp³-hybridized carbons (Fsp3) is 0.636. The summed E-state index contributed by atoms with van der Waals surface area (Å²) in [4.78, 5) is 24.3. The zero-order valence-electron chi connectivity index (χ0n) is 16.9. The Balaban J connectivity index is 1.46. The predicted octanol–water partition coefficient (Wildman–Crippen LogP) is 2.34. The number of hydrogen-bond donors (Lipinski definition) is 3. The van der Waals surface area contributed by atoms with Crippen molar-refractivity contribution in [2.75, 3.05) is 18.5 Å². The summed E-state index contributed by atoms with van der Waals surface area (Å²) in [6.45, 7) is 2.50. The SMILES string of the molecule is CCCNC(=O)C[C@@H]1C[C@H]2c3cc(NC(=O)CC4CC4)ccc3O[C@H]2[C@H](CO)O1. The Morgan fingerprint density at radius 2 is 2.03 bits per heavy atom. The highest BCUT2D eigenvalue weighted by Gasteiger charge is 2.46. The fourth-order valence-electron chi connectivity index (χ4n) is 4.31. The average Bonchev–Trinajstić information content (AvgIpc) is 3.44. The van der Waals surface area contributed by atoms with Crippen LogP contribution in [0.4, 0.5) is 5.69 Å². The molecule has 1 aliphatic carbocycles. The van der Waals surface area contributed by atoms with Crippen LogP contribution in [0.25, 0.3) is 0 Å². The first-order chi connectivity index (χ1) is 14.1. The van der Waals surface area contributed by atoms with E-state index < -0.39 is 6.10 Å². The predicted molar refractivity (Wildman–Crippen MR) is 108 cm³/mol. The molecule has 2 fully saturated rings. The summed E-state index contributed by atoms with van der Waals surface area (Å²) >= 11 is 0. The second-order valence-corrected chi connectivity index (χ2v) is 8.41. The molecule has 158 valence electrons. The van der Waals surface area contributed by atoms with Gasteiger partial charge >= 0.3 is 0 Å². The first-order valence-corrected chi connectivity index (χ1v) is 10.7. The van der Waals surface area contributed by atoms with Crippen molar-refractivity contribution in [1.29, 1.82) is 0 Å². The average molecular weight is 402 g/mol. The molecular weight excluding hydrogens is 372 g/mol. The normalized spacial score (nSPS) is 27.5. The third-order valence-corrected chi connectivity index (χ3v) is 5.94. The van der Waals surface area contributed by atoms with E-state index in [2.05, 4.69) is 10.6 Å². The van der Waals surface area contributed by atoms with Crippen LogP contribution in [0.15, 0.2) is 18.2 Å². The molecule has 3 N–H and O–H groups in total. The monoisotopic (exact) mass is 402 g/mol. The largest absolute Gasteiger partial charge is 0.487 e. The van der Waals surface area contributed by atoms with Gasteiger partial charge in [0.15, 0.2) is 0 Å². The number of fused-ring (bicyclic) bond motifs is 3. The molecule has 3 aliphatic rings. The topological polar surface area (TPSA) is 96.9 Å². The van der Waals surface area contributed by atoms with E-state index in [1.54, 1.807) is 0 Å². The van der Waals surface area contributed by atoms with E-state index in [1.807, 2.05) is 25.1 Å². The van der Waals surface area contributed by atoms with Crippen LogP contribution >= 0.6 is 0 Å². The second-order valence-electron chi connectivity index (χ2n) is 8.41. The van der Waals surface area contributed by atoms with Gasteiger partial charge in [0.1, 0.15) is 18.0 Å². The standard InChI is InChI=1S/C22H30N2O5/c1-2-7-23-20(26)11-15-10-17-16-9-14(24-21(27)8-13-3-4-13)5-6-18(16)29-22(17)19(12-25)28-15/h5-6,9,13,15,17,19,22,25H,2-4,7-8,10-12H2,1H3,(H,23,26)(H,24,27)/t15-,17-,19-,22+/m0/s1. The van der Waals surface area contributed by atoms with Gasteiger partial charge in [-0.15, -0.1) is 0 Å². The van der Waals surface area contributed by atoms with Gasteiger partial charge in [0, 0.05) is 30.1 Å². The van der Waals surface area contributed by atoms with Crippen LogP contribution in [-0.2, 0) is 14.3 Å². The minimum absolute atomic E-state index is 0.0279. The number of anilines is 1. The molecule has 0 aromatic heterocycles. The van der Waals surface area contributed by atoms with Crippen LogP contribution in [0, 0.1) is 5.92 Å². The summed E-state index contributed by atoms with van der Waals surface area (Å²) in [5, 5.41) is 15.7. The summed E-state index contributed by atoms with van der Waals surface area (Å²) in [6, 6.07) is 5.70. The molecule has 7 heteroatoms. The maximum absolute atomic E-state index is 12.2. The number of ether oxygens (including phenoxy) is 2. The Morgan fingerprint density at radius 3 is 2.76 bits per heavy atom. The Morgan fingerprint density at radius 1 is 1.21 bits per heavy atom. The third kappa shape index (κ3) is 4.73. The van der Waals surface area contributed by atoms with E-state index in [0.29, 0.717) is 25.3 Å². The number of nitrogens with one attached hydrogen (secondary N) is 2. The molecule has 1 aromatic carbocycles. The van der Waals surface area contributed by atoms with Crippen LogP contribution in [0.1, 0.15) is 56.9 Å². The molecule has 2 heterocycles. The van der Waals surface area contributed by atoms with E-state index in [4.69, 9.17) is 9.47 Å². The molecule has 1 saturated heterocycles. The molecule has 2 aliphatic heterocycles. The fourth-order valence-corrected chi connectivity index (χ4v) is 4.31. The van der Waals surface area contributed by atoms with Crippen LogP contribution in [0.3, 0.4) is 0 Å². The lowest BCUT2D eigenvalue weighted by Gasteiger charge is -2.37. The number of rotatable bonds is 8. The molecule has 29 heavy (non-hydrogen) atoms. The van der Waals surface area contributed by atoms with Gasteiger partial charge in [-0.2, -0.15) is 0 Å². The van der Waals surface area contributed by atoms with E-state index in [9.17, 15) is 14.7 Å². The minimum atomic E-state index is -0.474. The van der Waals surface area contributed by atoms with Gasteiger partial charge in [-0.25, -0.2) is 0 Å². The summed E-state index contributed by atoms with van der Waals surface area (Å²) in [7, 11) is 0. The van der Waals surface area contributed by atoms with Crippen molar-refractivity contribution in [2.24, 2.45) is 5.92 Å². The molecule has 1 aromatic rings. The molecule has 7 nitrogen and oxygen atoms in total. The molecule has 0 radical (unpaired) electrons. The molecular formula is C22H30N2O5. The highest BCUT2D eigenvalue weighted by molar-refractivity contribution is 5.91. The van der Waals surface area contributed by atoms with Gasteiger partial charge in [0.2, 0.25) is 11.8 Å². The van der Waals surface area contributed by atoms with E-state index >= 15 is 0 Å². The van der Waals surface area contributed by atoms with Crippen molar-refractivity contribution in [3.63, 3.8) is 0 Å². The lowest BCUT2D eigenvalue weighted by molar-refractivity contribution is -0.142. The van der Waals surface area contributed by atoms with Crippen molar-refractivity contribution in [3.8, 4) is 5.75 Å². The van der Waals surface area contributed by atoms with Crippen molar-refractivity contribution >= 4 is 17.5 Å². The Hall–Kier alpha value is -2.12. The van der Waals surface area contributed by atoms with Crippen molar-refractivity contribution in [2.45, 2.75) is 69.7 Å². The zero-order chi connectivity index (χ0) is 20.4. The summed E-state index contributed by atoms with van der Waals surface area (Å²) < 4.78 is 12.0. The maximum atomic E-state index is 12.2.